The Morgan fingerprint density at radius 2 is 1.75 bits per heavy atom. The number of methoxy groups -OCH3 is 1. The molecular formula is C18H19N2O3P. The highest BCUT2D eigenvalue weighted by Gasteiger charge is 2.48. The number of benzene rings is 2. The highest BCUT2D eigenvalue weighted by molar-refractivity contribution is 7.59. The van der Waals surface area contributed by atoms with Gasteiger partial charge in [0.15, 0.2) is 0 Å². The summed E-state index contributed by atoms with van der Waals surface area (Å²) in [4.78, 5) is 0. The molecule has 0 spiro atoms. The molecule has 0 unspecified atom stereocenters. The Bertz CT molecular complexity index is 801. The molecule has 4 rings (SSSR count). The van der Waals surface area contributed by atoms with Crippen molar-refractivity contribution in [3.8, 4) is 5.75 Å². The van der Waals surface area contributed by atoms with Gasteiger partial charge in [0.25, 0.3) is 0 Å². The lowest BCUT2D eigenvalue weighted by atomic mass is 10.2. The fraction of sp³-hybridized carbons (Fsp3) is 0.222. The summed E-state index contributed by atoms with van der Waals surface area (Å²) in [6, 6.07) is 17.4. The molecule has 0 radical (unpaired) electrons. The SMILES string of the molecule is COc1ccc(N2CC=C(c3ccccc3)O[P@]2(=O)N2CC2)cc1. The topological polar surface area (TPSA) is 41.8 Å². The minimum atomic E-state index is -3.09. The zero-order valence-corrected chi connectivity index (χ0v) is 14.4. The van der Waals surface area contributed by atoms with Crippen molar-refractivity contribution in [3.63, 3.8) is 0 Å². The monoisotopic (exact) mass is 342 g/mol. The van der Waals surface area contributed by atoms with Crippen LogP contribution in [0, 0.1) is 0 Å². The molecule has 5 nitrogen and oxygen atoms in total. The summed E-state index contributed by atoms with van der Waals surface area (Å²) in [6.45, 7) is 2.14. The van der Waals surface area contributed by atoms with E-state index in [0.29, 0.717) is 12.3 Å². The van der Waals surface area contributed by atoms with Gasteiger partial charge in [-0.1, -0.05) is 30.3 Å². The van der Waals surface area contributed by atoms with E-state index in [1.54, 1.807) is 7.11 Å². The number of rotatable bonds is 4. The second-order valence-corrected chi connectivity index (χ2v) is 7.96. The molecule has 24 heavy (non-hydrogen) atoms. The largest absolute Gasteiger partial charge is 0.497 e. The normalized spacial score (nSPS) is 23.4. The summed E-state index contributed by atoms with van der Waals surface area (Å²) in [7, 11) is -1.46. The smallest absolute Gasteiger partial charge is 0.422 e. The molecule has 2 aromatic rings. The highest BCUT2D eigenvalue weighted by Crippen LogP contribution is 2.63. The summed E-state index contributed by atoms with van der Waals surface area (Å²) in [5, 5.41) is 0. The van der Waals surface area contributed by atoms with Crippen LogP contribution in [0.1, 0.15) is 5.56 Å². The molecule has 2 aliphatic rings. The molecule has 2 aliphatic heterocycles. The zero-order chi connectivity index (χ0) is 16.6. The van der Waals surface area contributed by atoms with E-state index < -0.39 is 7.67 Å². The first kappa shape index (κ1) is 15.3. The summed E-state index contributed by atoms with van der Waals surface area (Å²) in [5.74, 6) is 1.47. The van der Waals surface area contributed by atoms with Gasteiger partial charge >= 0.3 is 7.67 Å². The van der Waals surface area contributed by atoms with Gasteiger partial charge in [0.05, 0.1) is 13.7 Å². The second kappa shape index (κ2) is 6.00. The van der Waals surface area contributed by atoms with Gasteiger partial charge in [-0.2, -0.15) is 0 Å². The molecule has 0 aliphatic carbocycles. The quantitative estimate of drug-likeness (QED) is 0.621. The average molecular weight is 342 g/mol. The van der Waals surface area contributed by atoms with Crippen LogP contribution in [-0.4, -0.2) is 31.4 Å². The standard InChI is InChI=1S/C18H19N2O3P/c1-22-17-9-7-16(8-10-17)20-12-11-18(15-5-3-2-4-6-15)23-24(20,21)19-13-14-19/h2-11H,12-14H2,1H3/t24-/m1/s1. The van der Waals surface area contributed by atoms with Gasteiger partial charge < -0.3 is 9.26 Å². The van der Waals surface area contributed by atoms with Crippen molar-refractivity contribution >= 4 is 19.1 Å². The van der Waals surface area contributed by atoms with E-state index in [-0.39, 0.29) is 0 Å². The van der Waals surface area contributed by atoms with E-state index in [1.807, 2.05) is 70.0 Å². The Balaban J connectivity index is 1.69. The van der Waals surface area contributed by atoms with Crippen LogP contribution >= 0.6 is 7.67 Å². The Labute approximate surface area is 141 Å². The van der Waals surface area contributed by atoms with Gasteiger partial charge in [-0.3, -0.25) is 4.67 Å². The Morgan fingerprint density at radius 1 is 1.04 bits per heavy atom. The maximum atomic E-state index is 13.6. The maximum absolute atomic E-state index is 13.6. The molecule has 1 fully saturated rings. The first-order chi connectivity index (χ1) is 11.7. The van der Waals surface area contributed by atoms with Crippen LogP contribution in [0.3, 0.4) is 0 Å². The maximum Gasteiger partial charge on any atom is 0.422 e. The predicted octanol–water partition coefficient (Wildman–Crippen LogP) is 4.00. The van der Waals surface area contributed by atoms with Crippen molar-refractivity contribution < 1.29 is 13.8 Å². The van der Waals surface area contributed by atoms with Crippen LogP contribution in [0.4, 0.5) is 5.69 Å². The molecule has 124 valence electrons. The van der Waals surface area contributed by atoms with Crippen LogP contribution in [0.2, 0.25) is 0 Å². The number of hydrogen-bond acceptors (Lipinski definition) is 3. The van der Waals surface area contributed by atoms with E-state index in [1.165, 1.54) is 0 Å². The minimum Gasteiger partial charge on any atom is -0.497 e. The number of anilines is 1. The van der Waals surface area contributed by atoms with Crippen LogP contribution in [0.25, 0.3) is 5.76 Å². The molecule has 2 aromatic carbocycles. The summed E-state index contributed by atoms with van der Waals surface area (Å²) in [5.41, 5.74) is 1.82. The zero-order valence-electron chi connectivity index (χ0n) is 13.5. The Kier molecular flexibility index (Phi) is 3.83. The highest BCUT2D eigenvalue weighted by atomic mass is 31.2. The van der Waals surface area contributed by atoms with Crippen molar-refractivity contribution in [2.45, 2.75) is 0 Å². The van der Waals surface area contributed by atoms with Crippen LogP contribution < -0.4 is 9.41 Å². The summed E-state index contributed by atoms with van der Waals surface area (Å²) in [6.07, 6.45) is 1.99. The van der Waals surface area contributed by atoms with Gasteiger partial charge in [-0.05, 0) is 30.3 Å². The molecule has 1 atom stereocenters. The molecule has 0 bridgehead atoms. The van der Waals surface area contributed by atoms with E-state index in [0.717, 1.165) is 30.1 Å². The summed E-state index contributed by atoms with van der Waals surface area (Å²) < 4.78 is 28.6. The van der Waals surface area contributed by atoms with E-state index in [9.17, 15) is 4.57 Å². The van der Waals surface area contributed by atoms with Crippen LogP contribution in [0.5, 0.6) is 5.75 Å². The molecule has 1 saturated heterocycles. The first-order valence-corrected chi connectivity index (χ1v) is 9.46. The van der Waals surface area contributed by atoms with Crippen molar-refractivity contribution in [3.05, 3.63) is 66.2 Å². The fourth-order valence-electron chi connectivity index (χ4n) is 2.77. The Hall–Kier alpha value is -2.23. The van der Waals surface area contributed by atoms with Crippen LogP contribution in [0.15, 0.2) is 60.7 Å². The van der Waals surface area contributed by atoms with Crippen LogP contribution in [-0.2, 0) is 9.09 Å². The predicted molar refractivity (Wildman–Crippen MR) is 95.0 cm³/mol. The second-order valence-electron chi connectivity index (χ2n) is 5.75. The van der Waals surface area contributed by atoms with Crippen molar-refractivity contribution in [1.82, 2.24) is 4.67 Å². The lowest BCUT2D eigenvalue weighted by molar-refractivity contribution is 0.413. The van der Waals surface area contributed by atoms with E-state index in [2.05, 4.69) is 0 Å². The summed E-state index contributed by atoms with van der Waals surface area (Å²) >= 11 is 0. The van der Waals surface area contributed by atoms with Gasteiger partial charge in [-0.15, -0.1) is 0 Å². The van der Waals surface area contributed by atoms with Gasteiger partial charge in [0.1, 0.15) is 11.5 Å². The van der Waals surface area contributed by atoms with Crippen molar-refractivity contribution in [2.24, 2.45) is 0 Å². The van der Waals surface area contributed by atoms with E-state index in [4.69, 9.17) is 9.26 Å². The molecule has 0 N–H and O–H groups in total. The lowest BCUT2D eigenvalue weighted by Gasteiger charge is -2.36. The van der Waals surface area contributed by atoms with Crippen molar-refractivity contribution in [2.75, 3.05) is 31.4 Å². The van der Waals surface area contributed by atoms with Gasteiger partial charge in [0, 0.05) is 24.3 Å². The molecule has 2 heterocycles. The molecule has 6 heteroatoms. The first-order valence-electron chi connectivity index (χ1n) is 7.93. The minimum absolute atomic E-state index is 0.546. The van der Waals surface area contributed by atoms with Gasteiger partial charge in [-0.25, -0.2) is 9.24 Å². The fourth-order valence-corrected chi connectivity index (χ4v) is 5.04. The van der Waals surface area contributed by atoms with Crippen molar-refractivity contribution in [1.29, 1.82) is 0 Å². The van der Waals surface area contributed by atoms with Gasteiger partial charge in [0.2, 0.25) is 0 Å². The number of nitrogens with zero attached hydrogens (tertiary/aromatic N) is 2. The molecular weight excluding hydrogens is 323 g/mol. The lowest BCUT2D eigenvalue weighted by Crippen LogP contribution is -2.28. The molecule has 0 aromatic heterocycles. The number of ether oxygens (including phenoxy) is 1. The van der Waals surface area contributed by atoms with E-state index >= 15 is 0 Å². The third-order valence-electron chi connectivity index (χ3n) is 4.18. The Morgan fingerprint density at radius 3 is 2.38 bits per heavy atom. The average Bonchev–Trinajstić information content (AvgIpc) is 3.48. The molecule has 0 saturated carbocycles. The third kappa shape index (κ3) is 2.70. The molecule has 0 amide bonds. The third-order valence-corrected chi connectivity index (χ3v) is 6.74. The number of hydrogen-bond donors (Lipinski definition) is 0.